The maximum absolute atomic E-state index is 6.46. The zero-order chi connectivity index (χ0) is 19.1. The largest absolute Gasteiger partial charge is 0.493 e. The molecule has 0 N–H and O–H groups in total. The molecule has 3 aliphatic rings. The molecule has 4 atom stereocenters. The molecule has 1 aromatic carbocycles. The summed E-state index contributed by atoms with van der Waals surface area (Å²) in [4.78, 5) is 2.50. The van der Waals surface area contributed by atoms with Gasteiger partial charge in [0.05, 0.1) is 26.9 Å². The predicted octanol–water partition coefficient (Wildman–Crippen LogP) is 3.74. The number of likely N-dealkylation sites (tertiary alicyclic amines) is 1. The van der Waals surface area contributed by atoms with Gasteiger partial charge in [-0.05, 0) is 50.6 Å². The highest BCUT2D eigenvalue weighted by Crippen LogP contribution is 2.54. The Morgan fingerprint density at radius 1 is 1.15 bits per heavy atom. The summed E-state index contributed by atoms with van der Waals surface area (Å²) in [6.45, 7) is 4.06. The molecular formula is C22H33NO4. The molecule has 0 bridgehead atoms. The molecule has 0 radical (unpaired) electrons. The summed E-state index contributed by atoms with van der Waals surface area (Å²) >= 11 is 0. The van der Waals surface area contributed by atoms with Crippen LogP contribution in [0.3, 0.4) is 0 Å². The van der Waals surface area contributed by atoms with Gasteiger partial charge in [0.2, 0.25) is 0 Å². The van der Waals surface area contributed by atoms with Gasteiger partial charge >= 0.3 is 0 Å². The molecule has 1 aliphatic carbocycles. The van der Waals surface area contributed by atoms with E-state index in [1.807, 2.05) is 6.07 Å². The van der Waals surface area contributed by atoms with Crippen molar-refractivity contribution >= 4 is 0 Å². The van der Waals surface area contributed by atoms with Gasteiger partial charge in [-0.2, -0.15) is 0 Å². The van der Waals surface area contributed by atoms with Gasteiger partial charge in [0.1, 0.15) is 0 Å². The monoisotopic (exact) mass is 375 g/mol. The normalized spacial score (nSPS) is 36.1. The fourth-order valence-electron chi connectivity index (χ4n) is 5.52. The molecule has 1 spiro atoms. The second-order valence-corrected chi connectivity index (χ2v) is 8.43. The van der Waals surface area contributed by atoms with Crippen LogP contribution in [0.4, 0.5) is 0 Å². The Bertz CT molecular complexity index is 680. The van der Waals surface area contributed by atoms with Gasteiger partial charge in [0.25, 0.3) is 0 Å². The van der Waals surface area contributed by atoms with E-state index in [-0.39, 0.29) is 17.3 Å². The van der Waals surface area contributed by atoms with Crippen LogP contribution in [0.2, 0.25) is 0 Å². The summed E-state index contributed by atoms with van der Waals surface area (Å²) in [5.74, 6) is 1.22. The van der Waals surface area contributed by atoms with Gasteiger partial charge in [-0.15, -0.1) is 0 Å². The average molecular weight is 376 g/mol. The standard InChI is InChI=1S/C22H33NO4/c1-5-6-17-15-26-22(27-17)10-9-21(11-12-23(2)20(21)14-22)16-7-8-18(24-3)19(13-16)25-4/h7-8,13,17,20H,5-6,9-12,14-15H2,1-4H3/t17?,20?,21-,22+/m0/s1. The van der Waals surface area contributed by atoms with E-state index >= 15 is 0 Å². The van der Waals surface area contributed by atoms with Crippen molar-refractivity contribution in [3.8, 4) is 11.5 Å². The molecule has 0 aromatic heterocycles. The maximum Gasteiger partial charge on any atom is 0.170 e. The van der Waals surface area contributed by atoms with Crippen molar-refractivity contribution in [1.82, 2.24) is 4.90 Å². The highest BCUT2D eigenvalue weighted by atomic mass is 16.7. The minimum Gasteiger partial charge on any atom is -0.493 e. The van der Waals surface area contributed by atoms with Crippen LogP contribution in [-0.4, -0.2) is 57.3 Å². The molecule has 2 heterocycles. The highest BCUT2D eigenvalue weighted by molar-refractivity contribution is 5.46. The van der Waals surface area contributed by atoms with Crippen molar-refractivity contribution < 1.29 is 18.9 Å². The molecule has 1 aromatic rings. The SMILES string of the molecule is CCCC1CO[C@]2(CC[C@@]3(c4ccc(OC)c(OC)c4)CCN(C)C3C2)O1. The van der Waals surface area contributed by atoms with Crippen LogP contribution < -0.4 is 9.47 Å². The third kappa shape index (κ3) is 3.14. The zero-order valence-electron chi connectivity index (χ0n) is 17.1. The fourth-order valence-corrected chi connectivity index (χ4v) is 5.52. The van der Waals surface area contributed by atoms with Crippen LogP contribution in [0.5, 0.6) is 11.5 Å². The third-order valence-corrected chi connectivity index (χ3v) is 7.02. The van der Waals surface area contributed by atoms with Gasteiger partial charge < -0.3 is 23.8 Å². The first kappa shape index (κ1) is 19.0. The number of methoxy groups -OCH3 is 2. The number of hydrogen-bond acceptors (Lipinski definition) is 5. The Kier molecular flexibility index (Phi) is 5.12. The van der Waals surface area contributed by atoms with Crippen LogP contribution in [0.15, 0.2) is 18.2 Å². The Morgan fingerprint density at radius 3 is 2.70 bits per heavy atom. The lowest BCUT2D eigenvalue weighted by Gasteiger charge is -2.48. The van der Waals surface area contributed by atoms with E-state index in [0.29, 0.717) is 6.04 Å². The molecule has 150 valence electrons. The number of nitrogens with zero attached hydrogens (tertiary/aromatic N) is 1. The first-order chi connectivity index (χ1) is 13.1. The van der Waals surface area contributed by atoms with Crippen molar-refractivity contribution in [3.63, 3.8) is 0 Å². The first-order valence-electron chi connectivity index (χ1n) is 10.3. The summed E-state index contributed by atoms with van der Waals surface area (Å²) < 4.78 is 23.8. The van der Waals surface area contributed by atoms with Gasteiger partial charge in [-0.1, -0.05) is 19.4 Å². The molecule has 2 saturated heterocycles. The smallest absolute Gasteiger partial charge is 0.170 e. The minimum atomic E-state index is -0.386. The Labute approximate surface area is 162 Å². The lowest BCUT2D eigenvalue weighted by molar-refractivity contribution is -0.204. The van der Waals surface area contributed by atoms with E-state index < -0.39 is 0 Å². The van der Waals surface area contributed by atoms with Crippen LogP contribution in [0.1, 0.15) is 51.0 Å². The molecular weight excluding hydrogens is 342 g/mol. The average Bonchev–Trinajstić information content (AvgIpc) is 3.24. The summed E-state index contributed by atoms with van der Waals surface area (Å²) in [7, 11) is 5.64. The van der Waals surface area contributed by atoms with Gasteiger partial charge in [0, 0.05) is 24.3 Å². The lowest BCUT2D eigenvalue weighted by Crippen LogP contribution is -2.53. The third-order valence-electron chi connectivity index (χ3n) is 7.02. The fraction of sp³-hybridized carbons (Fsp3) is 0.727. The number of hydrogen-bond donors (Lipinski definition) is 0. The Morgan fingerprint density at radius 2 is 1.96 bits per heavy atom. The van der Waals surface area contributed by atoms with Crippen LogP contribution >= 0.6 is 0 Å². The van der Waals surface area contributed by atoms with E-state index in [4.69, 9.17) is 18.9 Å². The topological polar surface area (TPSA) is 40.2 Å². The van der Waals surface area contributed by atoms with E-state index in [0.717, 1.165) is 63.2 Å². The molecule has 1 saturated carbocycles. The molecule has 2 aliphatic heterocycles. The van der Waals surface area contributed by atoms with Crippen molar-refractivity contribution in [2.45, 2.75) is 68.8 Å². The zero-order valence-corrected chi connectivity index (χ0v) is 17.1. The molecule has 3 fully saturated rings. The van der Waals surface area contributed by atoms with Gasteiger partial charge in [0.15, 0.2) is 17.3 Å². The number of rotatable bonds is 5. The summed E-state index contributed by atoms with van der Waals surface area (Å²) in [6.07, 6.45) is 6.64. The number of fused-ring (bicyclic) bond motifs is 1. The molecule has 27 heavy (non-hydrogen) atoms. The highest BCUT2D eigenvalue weighted by Gasteiger charge is 2.57. The minimum absolute atomic E-state index is 0.134. The van der Waals surface area contributed by atoms with Crippen molar-refractivity contribution in [1.29, 1.82) is 0 Å². The van der Waals surface area contributed by atoms with Crippen molar-refractivity contribution in [3.05, 3.63) is 23.8 Å². The van der Waals surface area contributed by atoms with Crippen molar-refractivity contribution in [2.75, 3.05) is 34.4 Å². The summed E-state index contributed by atoms with van der Waals surface area (Å²) in [6, 6.07) is 6.87. The quantitative estimate of drug-likeness (QED) is 0.784. The lowest BCUT2D eigenvalue weighted by atomic mass is 9.64. The number of likely N-dealkylation sites (N-methyl/N-ethyl adjacent to an activating group) is 1. The van der Waals surface area contributed by atoms with Crippen LogP contribution in [0, 0.1) is 0 Å². The Hall–Kier alpha value is -1.30. The second-order valence-electron chi connectivity index (χ2n) is 8.43. The van der Waals surface area contributed by atoms with Crippen molar-refractivity contribution in [2.24, 2.45) is 0 Å². The summed E-state index contributed by atoms with van der Waals surface area (Å²) in [5, 5.41) is 0. The molecule has 5 heteroatoms. The molecule has 0 amide bonds. The number of benzene rings is 1. The second kappa shape index (κ2) is 7.26. The molecule has 5 nitrogen and oxygen atoms in total. The molecule has 2 unspecified atom stereocenters. The number of ether oxygens (including phenoxy) is 4. The predicted molar refractivity (Wildman–Crippen MR) is 105 cm³/mol. The summed E-state index contributed by atoms with van der Waals surface area (Å²) in [5.41, 5.74) is 1.49. The first-order valence-corrected chi connectivity index (χ1v) is 10.3. The van der Waals surface area contributed by atoms with E-state index in [1.165, 1.54) is 5.56 Å². The maximum atomic E-state index is 6.46. The van der Waals surface area contributed by atoms with Crippen LogP contribution in [-0.2, 0) is 14.9 Å². The van der Waals surface area contributed by atoms with Gasteiger partial charge in [-0.3, -0.25) is 0 Å². The van der Waals surface area contributed by atoms with E-state index in [2.05, 4.69) is 31.0 Å². The Balaban J connectivity index is 1.62. The van der Waals surface area contributed by atoms with E-state index in [1.54, 1.807) is 14.2 Å². The van der Waals surface area contributed by atoms with Gasteiger partial charge in [-0.25, -0.2) is 0 Å². The van der Waals surface area contributed by atoms with E-state index in [9.17, 15) is 0 Å². The van der Waals surface area contributed by atoms with Crippen LogP contribution in [0.25, 0.3) is 0 Å². The molecule has 4 rings (SSSR count).